The lowest BCUT2D eigenvalue weighted by Crippen LogP contribution is -2.19. The lowest BCUT2D eigenvalue weighted by atomic mass is 10.1. The summed E-state index contributed by atoms with van der Waals surface area (Å²) in [6, 6.07) is 3.74. The van der Waals surface area contributed by atoms with Crippen molar-refractivity contribution in [2.45, 2.75) is 33.2 Å². The second-order valence-corrected chi connectivity index (χ2v) is 5.37. The molecule has 1 N–H and O–H groups in total. The molecule has 1 unspecified atom stereocenters. The summed E-state index contributed by atoms with van der Waals surface area (Å²) in [5.74, 6) is 0.933. The predicted molar refractivity (Wildman–Crippen MR) is 77.7 cm³/mol. The number of fused-ring (bicyclic) bond motifs is 1. The molecule has 1 aromatic heterocycles. The maximum absolute atomic E-state index is 6.23. The lowest BCUT2D eigenvalue weighted by molar-refractivity contribution is 0.449. The van der Waals surface area contributed by atoms with Crippen molar-refractivity contribution in [3.05, 3.63) is 33.5 Å². The lowest BCUT2D eigenvalue weighted by Gasteiger charge is -2.11. The maximum atomic E-state index is 6.23. The van der Waals surface area contributed by atoms with Crippen LogP contribution in [0.15, 0.2) is 16.5 Å². The van der Waals surface area contributed by atoms with E-state index in [4.69, 9.17) is 27.6 Å². The molecule has 0 amide bonds. The second-order valence-electron chi connectivity index (χ2n) is 4.53. The van der Waals surface area contributed by atoms with Crippen LogP contribution in [0.5, 0.6) is 0 Å². The molecule has 4 heteroatoms. The molecule has 1 atom stereocenters. The van der Waals surface area contributed by atoms with E-state index in [1.54, 1.807) is 6.07 Å². The molecule has 0 bridgehead atoms. The molecule has 0 saturated heterocycles. The fraction of sp³-hybridized carbons (Fsp3) is 0.429. The number of hydrogen-bond donors (Lipinski definition) is 1. The maximum Gasteiger partial charge on any atom is 0.137 e. The third kappa shape index (κ3) is 2.51. The van der Waals surface area contributed by atoms with Crippen LogP contribution in [0.4, 0.5) is 0 Å². The van der Waals surface area contributed by atoms with Crippen LogP contribution in [-0.2, 0) is 0 Å². The van der Waals surface area contributed by atoms with Gasteiger partial charge in [0.15, 0.2) is 0 Å². The van der Waals surface area contributed by atoms with Crippen molar-refractivity contribution in [2.24, 2.45) is 0 Å². The van der Waals surface area contributed by atoms with E-state index >= 15 is 0 Å². The van der Waals surface area contributed by atoms with Crippen molar-refractivity contribution in [2.75, 3.05) is 6.54 Å². The molecule has 2 aromatic rings. The van der Waals surface area contributed by atoms with E-state index < -0.39 is 0 Å². The average Bonchev–Trinajstić information content (AvgIpc) is 2.63. The fourth-order valence-electron chi connectivity index (χ4n) is 2.18. The monoisotopic (exact) mass is 285 g/mol. The van der Waals surface area contributed by atoms with Gasteiger partial charge in [0.25, 0.3) is 0 Å². The summed E-state index contributed by atoms with van der Waals surface area (Å²) in [6.45, 7) is 7.23. The topological polar surface area (TPSA) is 25.2 Å². The van der Waals surface area contributed by atoms with E-state index in [1.165, 1.54) is 0 Å². The fourth-order valence-corrected chi connectivity index (χ4v) is 2.80. The molecule has 98 valence electrons. The Morgan fingerprint density at radius 2 is 2.06 bits per heavy atom. The molecule has 0 saturated carbocycles. The van der Waals surface area contributed by atoms with E-state index in [2.05, 4.69) is 19.2 Å². The van der Waals surface area contributed by atoms with Crippen LogP contribution in [-0.4, -0.2) is 6.54 Å². The summed E-state index contributed by atoms with van der Waals surface area (Å²) in [7, 11) is 0. The molecule has 0 spiro atoms. The van der Waals surface area contributed by atoms with Gasteiger partial charge in [-0.15, -0.1) is 0 Å². The highest BCUT2D eigenvalue weighted by molar-refractivity contribution is 6.38. The Kier molecular flexibility index (Phi) is 4.21. The summed E-state index contributed by atoms with van der Waals surface area (Å²) in [5, 5.41) is 5.62. The van der Waals surface area contributed by atoms with Gasteiger partial charge in [-0.05, 0) is 32.9 Å². The molecule has 0 aliphatic rings. The van der Waals surface area contributed by atoms with Gasteiger partial charge in [-0.25, -0.2) is 0 Å². The van der Waals surface area contributed by atoms with Crippen molar-refractivity contribution in [3.8, 4) is 0 Å². The van der Waals surface area contributed by atoms with Crippen LogP contribution in [0.1, 0.15) is 37.6 Å². The van der Waals surface area contributed by atoms with Gasteiger partial charge in [-0.1, -0.05) is 30.1 Å². The van der Waals surface area contributed by atoms with E-state index in [-0.39, 0.29) is 6.04 Å². The van der Waals surface area contributed by atoms with Crippen LogP contribution < -0.4 is 5.32 Å². The molecule has 2 nitrogen and oxygen atoms in total. The highest BCUT2D eigenvalue weighted by atomic mass is 35.5. The molecule has 0 radical (unpaired) electrons. The van der Waals surface area contributed by atoms with Crippen LogP contribution in [0, 0.1) is 6.92 Å². The molecule has 0 fully saturated rings. The molecule has 0 aliphatic heterocycles. The number of aryl methyl sites for hydroxylation is 1. The number of benzene rings is 1. The number of hydrogen-bond acceptors (Lipinski definition) is 2. The first-order valence-corrected chi connectivity index (χ1v) is 6.91. The molecule has 1 heterocycles. The number of nitrogens with one attached hydrogen (secondary N) is 1. The third-order valence-electron chi connectivity index (χ3n) is 3.08. The Balaban J connectivity index is 2.47. The first kappa shape index (κ1) is 13.7. The van der Waals surface area contributed by atoms with Crippen molar-refractivity contribution >= 4 is 34.2 Å². The molecule has 18 heavy (non-hydrogen) atoms. The summed E-state index contributed by atoms with van der Waals surface area (Å²) in [6.07, 6.45) is 1.09. The van der Waals surface area contributed by atoms with Crippen molar-refractivity contribution in [1.82, 2.24) is 5.32 Å². The first-order chi connectivity index (χ1) is 8.54. The van der Waals surface area contributed by atoms with E-state index in [1.807, 2.05) is 13.0 Å². The minimum Gasteiger partial charge on any atom is -0.459 e. The average molecular weight is 286 g/mol. The van der Waals surface area contributed by atoms with Gasteiger partial charge in [-0.3, -0.25) is 0 Å². The predicted octanol–water partition coefficient (Wildman–Crippen LogP) is 5.11. The minimum absolute atomic E-state index is 0.173. The van der Waals surface area contributed by atoms with Gasteiger partial charge in [0.1, 0.15) is 11.3 Å². The summed E-state index contributed by atoms with van der Waals surface area (Å²) in [5.41, 5.74) is 1.84. The Morgan fingerprint density at radius 1 is 1.33 bits per heavy atom. The number of furan rings is 1. The minimum atomic E-state index is 0.173. The summed E-state index contributed by atoms with van der Waals surface area (Å²) < 4.78 is 5.89. The van der Waals surface area contributed by atoms with E-state index in [9.17, 15) is 0 Å². The number of halogens is 2. The normalized spacial score (nSPS) is 13.2. The zero-order chi connectivity index (χ0) is 13.3. The molecule has 0 aliphatic carbocycles. The quantitative estimate of drug-likeness (QED) is 0.845. The van der Waals surface area contributed by atoms with Gasteiger partial charge >= 0.3 is 0 Å². The molecule has 1 aromatic carbocycles. The van der Waals surface area contributed by atoms with Crippen LogP contribution in [0.25, 0.3) is 11.0 Å². The first-order valence-electron chi connectivity index (χ1n) is 6.16. The Morgan fingerprint density at radius 3 is 2.72 bits per heavy atom. The largest absolute Gasteiger partial charge is 0.459 e. The van der Waals surface area contributed by atoms with Crippen LogP contribution in [0.3, 0.4) is 0 Å². The van der Waals surface area contributed by atoms with Crippen LogP contribution >= 0.6 is 23.2 Å². The smallest absolute Gasteiger partial charge is 0.137 e. The van der Waals surface area contributed by atoms with Gasteiger partial charge in [0.05, 0.1) is 11.1 Å². The summed E-state index contributed by atoms with van der Waals surface area (Å²) >= 11 is 12.2. The number of rotatable bonds is 4. The highest BCUT2D eigenvalue weighted by Gasteiger charge is 2.18. The van der Waals surface area contributed by atoms with Gasteiger partial charge in [-0.2, -0.15) is 0 Å². The van der Waals surface area contributed by atoms with Crippen molar-refractivity contribution in [1.29, 1.82) is 0 Å². The molecular weight excluding hydrogens is 269 g/mol. The molecule has 2 rings (SSSR count). The Bertz CT molecular complexity index is 562. The van der Waals surface area contributed by atoms with Gasteiger partial charge < -0.3 is 9.73 Å². The SMILES string of the molecule is CCCNC(C)c1oc2cc(Cl)cc(Cl)c2c1C. The standard InChI is InChI=1S/C14H17Cl2NO/c1-4-5-17-9(3)14-8(2)13-11(16)6-10(15)7-12(13)18-14/h6-7,9,17H,4-5H2,1-3H3. The van der Waals surface area contributed by atoms with Gasteiger partial charge in [0.2, 0.25) is 0 Å². The van der Waals surface area contributed by atoms with Crippen molar-refractivity contribution < 1.29 is 4.42 Å². The van der Waals surface area contributed by atoms with Gasteiger partial charge in [0, 0.05) is 22.0 Å². The van der Waals surface area contributed by atoms with Crippen LogP contribution in [0.2, 0.25) is 10.0 Å². The Labute approximate surface area is 117 Å². The zero-order valence-corrected chi connectivity index (χ0v) is 12.3. The van der Waals surface area contributed by atoms with E-state index in [0.29, 0.717) is 10.0 Å². The highest BCUT2D eigenvalue weighted by Crippen LogP contribution is 2.36. The second kappa shape index (κ2) is 5.52. The summed E-state index contributed by atoms with van der Waals surface area (Å²) in [4.78, 5) is 0. The molecular formula is C14H17Cl2NO. The van der Waals surface area contributed by atoms with Crippen molar-refractivity contribution in [3.63, 3.8) is 0 Å². The zero-order valence-electron chi connectivity index (χ0n) is 10.8. The Hall–Kier alpha value is -0.700. The third-order valence-corrected chi connectivity index (χ3v) is 3.59. The van der Waals surface area contributed by atoms with E-state index in [0.717, 1.165) is 35.3 Å².